The molecule has 5 heteroatoms. The van der Waals surface area contributed by atoms with Crippen LogP contribution in [0.25, 0.3) is 0 Å². The third-order valence-electron chi connectivity index (χ3n) is 0.463. The predicted octanol–water partition coefficient (Wildman–Crippen LogP) is 0.863. The predicted molar refractivity (Wildman–Crippen MR) is 52.1 cm³/mol. The van der Waals surface area contributed by atoms with Gasteiger partial charge in [0.2, 0.25) is 0 Å². The Hall–Kier alpha value is -1.78. The first-order chi connectivity index (χ1) is 5.92. The Morgan fingerprint density at radius 1 is 1.38 bits per heavy atom. The highest BCUT2D eigenvalue weighted by atomic mass is 16.4. The first kappa shape index (κ1) is 17.3. The van der Waals surface area contributed by atoms with Gasteiger partial charge in [-0.05, 0) is 6.42 Å². The number of aliphatic carboxylic acids is 1. The molecule has 0 aliphatic carbocycles. The van der Waals surface area contributed by atoms with Gasteiger partial charge in [-0.15, -0.1) is 6.58 Å². The van der Waals surface area contributed by atoms with Gasteiger partial charge in [-0.2, -0.15) is 0 Å². The fraction of sp³-hybridized carbons (Fsp3) is 0.250. The lowest BCUT2D eigenvalue weighted by atomic mass is 10.5. The Balaban J connectivity index is -0.000000117. The molecule has 0 aliphatic heterocycles. The molecule has 5 nitrogen and oxygen atoms in total. The number of nitrogens with two attached hydrogens (primary N) is 2. The highest BCUT2D eigenvalue weighted by Crippen LogP contribution is 1.66. The van der Waals surface area contributed by atoms with Gasteiger partial charge in [0.1, 0.15) is 0 Å². The molecule has 2 amide bonds. The maximum atomic E-state index is 9.25. The minimum atomic E-state index is -0.981. The van der Waals surface area contributed by atoms with E-state index in [0.717, 1.165) is 12.5 Å². The van der Waals surface area contributed by atoms with E-state index in [1.165, 1.54) is 0 Å². The maximum absolute atomic E-state index is 9.25. The third-order valence-corrected chi connectivity index (χ3v) is 0.463. The SMILES string of the molecule is C=CC(=O)O.C=CCC.NC(N)=O. The lowest BCUT2D eigenvalue weighted by molar-refractivity contribution is -0.131. The van der Waals surface area contributed by atoms with Crippen molar-refractivity contribution in [2.45, 2.75) is 13.3 Å². The van der Waals surface area contributed by atoms with Crippen LogP contribution in [0.5, 0.6) is 0 Å². The van der Waals surface area contributed by atoms with Gasteiger partial charge in [-0.25, -0.2) is 9.59 Å². The number of hydrogen-bond donors (Lipinski definition) is 3. The number of urea groups is 1. The topological polar surface area (TPSA) is 106 Å². The summed E-state index contributed by atoms with van der Waals surface area (Å²) in [4.78, 5) is 18.2. The van der Waals surface area contributed by atoms with Crippen LogP contribution in [-0.4, -0.2) is 17.1 Å². The van der Waals surface area contributed by atoms with Crippen LogP contribution in [0.4, 0.5) is 4.79 Å². The Bertz CT molecular complexity index is 163. The van der Waals surface area contributed by atoms with Crippen molar-refractivity contribution in [1.29, 1.82) is 0 Å². The van der Waals surface area contributed by atoms with Crippen LogP contribution >= 0.6 is 0 Å². The summed E-state index contributed by atoms with van der Waals surface area (Å²) in [5, 5.41) is 7.60. The van der Waals surface area contributed by atoms with Crippen LogP contribution < -0.4 is 11.5 Å². The molecule has 0 bridgehead atoms. The van der Waals surface area contributed by atoms with Crippen LogP contribution in [0.3, 0.4) is 0 Å². The minimum absolute atomic E-state index is 0.833. The zero-order valence-corrected chi connectivity index (χ0v) is 7.69. The molecule has 0 spiro atoms. The van der Waals surface area contributed by atoms with E-state index >= 15 is 0 Å². The van der Waals surface area contributed by atoms with Crippen LogP contribution in [0.2, 0.25) is 0 Å². The average Bonchev–Trinajstić information content (AvgIpc) is 2.04. The molecule has 0 saturated carbocycles. The van der Waals surface area contributed by atoms with Crippen LogP contribution in [-0.2, 0) is 4.79 Å². The van der Waals surface area contributed by atoms with Gasteiger partial charge in [0.25, 0.3) is 0 Å². The van der Waals surface area contributed by atoms with E-state index in [1.807, 2.05) is 6.08 Å². The molecule has 0 aliphatic rings. The third kappa shape index (κ3) is 464. The van der Waals surface area contributed by atoms with E-state index in [0.29, 0.717) is 0 Å². The second-order valence-electron chi connectivity index (χ2n) is 1.64. The fourth-order valence-corrected chi connectivity index (χ4v) is 0. The molecule has 0 aromatic rings. The van der Waals surface area contributed by atoms with Gasteiger partial charge in [0.05, 0.1) is 0 Å². The smallest absolute Gasteiger partial charge is 0.327 e. The van der Waals surface area contributed by atoms with E-state index in [4.69, 9.17) is 9.90 Å². The van der Waals surface area contributed by atoms with Gasteiger partial charge in [0.15, 0.2) is 0 Å². The van der Waals surface area contributed by atoms with E-state index < -0.39 is 12.0 Å². The molecular weight excluding hydrogens is 172 g/mol. The lowest BCUT2D eigenvalue weighted by Crippen LogP contribution is -2.18. The molecule has 0 fully saturated rings. The number of carboxylic acid groups (broad SMARTS) is 1. The highest BCUT2D eigenvalue weighted by molar-refractivity contribution is 5.78. The molecule has 13 heavy (non-hydrogen) atoms. The van der Waals surface area contributed by atoms with E-state index in [1.54, 1.807) is 0 Å². The van der Waals surface area contributed by atoms with Gasteiger partial charge in [-0.1, -0.05) is 19.6 Å². The second kappa shape index (κ2) is 16.7. The molecule has 5 N–H and O–H groups in total. The van der Waals surface area contributed by atoms with Crippen molar-refractivity contribution >= 4 is 12.0 Å². The van der Waals surface area contributed by atoms with Crippen molar-refractivity contribution < 1.29 is 14.7 Å². The number of hydrogen-bond acceptors (Lipinski definition) is 2. The lowest BCUT2D eigenvalue weighted by Gasteiger charge is -1.64. The summed E-state index contributed by atoms with van der Waals surface area (Å²) in [5.41, 5.74) is 8.50. The van der Waals surface area contributed by atoms with Crippen molar-refractivity contribution in [2.75, 3.05) is 0 Å². The highest BCUT2D eigenvalue weighted by Gasteiger charge is 1.73. The second-order valence-corrected chi connectivity index (χ2v) is 1.64. The Labute approximate surface area is 77.7 Å². The zero-order valence-electron chi connectivity index (χ0n) is 7.69. The first-order valence-electron chi connectivity index (χ1n) is 3.43. The van der Waals surface area contributed by atoms with Gasteiger partial charge >= 0.3 is 12.0 Å². The minimum Gasteiger partial charge on any atom is -0.478 e. The van der Waals surface area contributed by atoms with Crippen molar-refractivity contribution in [3.05, 3.63) is 25.3 Å². The van der Waals surface area contributed by atoms with Crippen molar-refractivity contribution in [3.63, 3.8) is 0 Å². The van der Waals surface area contributed by atoms with Gasteiger partial charge < -0.3 is 16.6 Å². The quantitative estimate of drug-likeness (QED) is 0.442. The normalized spacial score (nSPS) is 6.23. The van der Waals surface area contributed by atoms with Crippen molar-refractivity contribution in [3.8, 4) is 0 Å². The molecule has 0 heterocycles. The van der Waals surface area contributed by atoms with Crippen LogP contribution in [0.15, 0.2) is 25.3 Å². The number of primary amides is 2. The molecule has 0 aromatic carbocycles. The average molecular weight is 188 g/mol. The number of carboxylic acids is 1. The van der Waals surface area contributed by atoms with Crippen LogP contribution in [0, 0.1) is 0 Å². The summed E-state index contributed by atoms with van der Waals surface area (Å²) in [6.45, 7) is 8.50. The molecule has 0 saturated heterocycles. The molecule has 0 atom stereocenters. The Kier molecular flexibility index (Phi) is 22.2. The summed E-state index contributed by atoms with van der Waals surface area (Å²) in [7, 11) is 0. The number of rotatable bonds is 2. The van der Waals surface area contributed by atoms with E-state index in [9.17, 15) is 4.79 Å². The Morgan fingerprint density at radius 3 is 1.54 bits per heavy atom. The largest absolute Gasteiger partial charge is 0.478 e. The van der Waals surface area contributed by atoms with Crippen LogP contribution in [0.1, 0.15) is 13.3 Å². The van der Waals surface area contributed by atoms with E-state index in [-0.39, 0.29) is 0 Å². The van der Waals surface area contributed by atoms with Crippen molar-refractivity contribution in [1.82, 2.24) is 0 Å². The molecule has 0 aromatic heterocycles. The molecule has 76 valence electrons. The number of allylic oxidation sites excluding steroid dienone is 1. The summed E-state index contributed by atoms with van der Waals surface area (Å²) in [6.07, 6.45) is 3.79. The summed E-state index contributed by atoms with van der Waals surface area (Å²) in [5.74, 6) is -0.981. The molecule has 0 radical (unpaired) electrons. The fourth-order valence-electron chi connectivity index (χ4n) is 0. The summed E-state index contributed by atoms with van der Waals surface area (Å²) in [6, 6.07) is -0.833. The number of carbonyl (C=O) groups is 2. The molecule has 0 unspecified atom stereocenters. The van der Waals surface area contributed by atoms with Gasteiger partial charge in [-0.3, -0.25) is 0 Å². The summed E-state index contributed by atoms with van der Waals surface area (Å²) >= 11 is 0. The number of carbonyl (C=O) groups excluding carboxylic acids is 1. The Morgan fingerprint density at radius 2 is 1.54 bits per heavy atom. The first-order valence-corrected chi connectivity index (χ1v) is 3.43. The molecule has 0 rings (SSSR count). The van der Waals surface area contributed by atoms with Crippen molar-refractivity contribution in [2.24, 2.45) is 11.5 Å². The maximum Gasteiger partial charge on any atom is 0.327 e. The summed E-state index contributed by atoms with van der Waals surface area (Å²) < 4.78 is 0. The zero-order chi connectivity index (χ0) is 11.3. The standard InChI is InChI=1S/C4H8.C3H4O2.CH4N2O/c1-3-4-2;1-2-3(4)5;2-1(3)4/h3H,1,4H2,2H3;2H,1H2,(H,4,5);(H4,2,3,4). The molecular formula is C8H16N2O3. The monoisotopic (exact) mass is 188 g/mol. The van der Waals surface area contributed by atoms with Gasteiger partial charge in [0, 0.05) is 6.08 Å². The number of amides is 2. The van der Waals surface area contributed by atoms with E-state index in [2.05, 4.69) is 31.5 Å².